The average Bonchev–Trinajstić information content (AvgIpc) is 3.58. The van der Waals surface area contributed by atoms with Crippen molar-refractivity contribution in [3.8, 4) is 5.75 Å². The van der Waals surface area contributed by atoms with Crippen LogP contribution in [0.4, 0.5) is 5.69 Å². The Morgan fingerprint density at radius 1 is 0.918 bits per heavy atom. The highest BCUT2D eigenvalue weighted by Crippen LogP contribution is 2.37. The normalized spacial score (nSPS) is 19.0. The van der Waals surface area contributed by atoms with Gasteiger partial charge < -0.3 is 24.0 Å². The quantitative estimate of drug-likeness (QED) is 0.151. The van der Waals surface area contributed by atoms with Crippen LogP contribution >= 0.6 is 18.7 Å². The van der Waals surface area contributed by atoms with E-state index in [4.69, 9.17) is 21.3 Å². The number of imide groups is 1. The van der Waals surface area contributed by atoms with Gasteiger partial charge in [-0.15, -0.1) is 0 Å². The van der Waals surface area contributed by atoms with Crippen molar-refractivity contribution in [2.24, 2.45) is 0 Å². The van der Waals surface area contributed by atoms with Gasteiger partial charge in [0.2, 0.25) is 17.7 Å². The maximum Gasteiger partial charge on any atom is 0.255 e. The monoisotopic (exact) mass is 865 g/mol. The molecule has 3 aromatic carbocycles. The fourth-order valence-corrected chi connectivity index (χ4v) is 10.7. The molecule has 5 heterocycles. The topological polar surface area (TPSA) is 145 Å². The molecule has 1 aromatic heterocycles. The summed E-state index contributed by atoms with van der Waals surface area (Å²) < 4.78 is 18.8. The van der Waals surface area contributed by atoms with Gasteiger partial charge in [0.1, 0.15) is 24.8 Å². The van der Waals surface area contributed by atoms with Crippen molar-refractivity contribution in [2.45, 2.75) is 70.0 Å². The Balaban J connectivity index is 0.800. The van der Waals surface area contributed by atoms with Crippen LogP contribution in [-0.4, -0.2) is 120 Å². The SMILES string of the molecule is COc1cc(N2CCC(N3CCN(C(=O)CCc4ccc5c(c4)CN(C4CCC(=O)NC4=O)C5=O)CC3)CC2)ccc1Cc1ncc(Cl)c(Cc2ccccc2P(C)(C)=O)n1. The zero-order valence-corrected chi connectivity index (χ0v) is 36.7. The zero-order chi connectivity index (χ0) is 42.8. The van der Waals surface area contributed by atoms with Gasteiger partial charge in [-0.05, 0) is 67.8 Å². The van der Waals surface area contributed by atoms with Gasteiger partial charge in [-0.2, -0.15) is 0 Å². The van der Waals surface area contributed by atoms with Gasteiger partial charge in [0.05, 0.1) is 17.8 Å². The van der Waals surface area contributed by atoms with Crippen molar-refractivity contribution in [1.29, 1.82) is 0 Å². The van der Waals surface area contributed by atoms with Crippen LogP contribution in [0.25, 0.3) is 0 Å². The van der Waals surface area contributed by atoms with Crippen molar-refractivity contribution in [2.75, 3.05) is 64.6 Å². The van der Waals surface area contributed by atoms with Crippen molar-refractivity contribution in [3.05, 3.63) is 111 Å². The summed E-state index contributed by atoms with van der Waals surface area (Å²) in [5, 5.41) is 3.67. The predicted molar refractivity (Wildman–Crippen MR) is 235 cm³/mol. The first kappa shape index (κ1) is 42.6. The van der Waals surface area contributed by atoms with E-state index in [0.717, 1.165) is 78.0 Å². The number of halogens is 1. The number of ether oxygens (including phenoxy) is 1. The Kier molecular flexibility index (Phi) is 12.6. The summed E-state index contributed by atoms with van der Waals surface area (Å²) in [4.78, 5) is 68.3. The molecule has 61 heavy (non-hydrogen) atoms. The summed E-state index contributed by atoms with van der Waals surface area (Å²) in [5.41, 5.74) is 6.19. The molecule has 4 aliphatic heterocycles. The van der Waals surface area contributed by atoms with Crippen LogP contribution in [0.15, 0.2) is 66.9 Å². The summed E-state index contributed by atoms with van der Waals surface area (Å²) in [6, 6.07) is 19.6. The summed E-state index contributed by atoms with van der Waals surface area (Å²) in [7, 11) is -0.790. The molecule has 0 radical (unpaired) electrons. The van der Waals surface area contributed by atoms with Crippen LogP contribution in [0, 0.1) is 0 Å². The van der Waals surface area contributed by atoms with Crippen LogP contribution in [0.3, 0.4) is 0 Å². The lowest BCUT2D eigenvalue weighted by molar-refractivity contribution is -0.137. The summed E-state index contributed by atoms with van der Waals surface area (Å²) >= 11 is 6.57. The standard InChI is InChI=1S/C46H53ClN7O6P/c1-60-40-27-35(11-10-31(40)26-42-48-28-37(47)38(49-42)25-32-6-4-5-7-41(32)61(2,3)59)51-18-16-34(17-19-51)52-20-22-53(23-21-52)44(56)15-9-30-8-12-36-33(24-30)29-54(46(36)58)39-13-14-43(55)50-45(39)57/h4-8,10-12,24,27-28,34,39H,9,13-23,25-26,29H2,1-3H3,(H,50,55,57). The largest absolute Gasteiger partial charge is 0.496 e. The van der Waals surface area contributed by atoms with E-state index in [1.165, 1.54) is 0 Å². The first-order valence-corrected chi connectivity index (χ1v) is 24.2. The van der Waals surface area contributed by atoms with Crippen LogP contribution in [-0.2, 0) is 44.8 Å². The number of aromatic nitrogens is 2. The third-order valence-corrected chi connectivity index (χ3v) is 14.6. The van der Waals surface area contributed by atoms with E-state index in [1.54, 1.807) is 37.6 Å². The highest BCUT2D eigenvalue weighted by Gasteiger charge is 2.39. The molecular weight excluding hydrogens is 813 g/mol. The van der Waals surface area contributed by atoms with Gasteiger partial charge in [-0.1, -0.05) is 54.1 Å². The molecule has 1 N–H and O–H groups in total. The maximum absolute atomic E-state index is 13.3. The Hall–Kier alpha value is -5.10. The summed E-state index contributed by atoms with van der Waals surface area (Å²) in [5.74, 6) is 0.653. The number of amides is 4. The first-order chi connectivity index (χ1) is 29.3. The lowest BCUT2D eigenvalue weighted by Gasteiger charge is -2.43. The number of nitrogens with zero attached hydrogens (tertiary/aromatic N) is 6. The highest BCUT2D eigenvalue weighted by atomic mass is 35.5. The summed E-state index contributed by atoms with van der Waals surface area (Å²) in [6.07, 6.45) is 6.20. The Labute approximate surface area is 362 Å². The number of hydrogen-bond acceptors (Lipinski definition) is 10. The Morgan fingerprint density at radius 3 is 2.43 bits per heavy atom. The number of aryl methyl sites for hydroxylation is 1. The van der Waals surface area contributed by atoms with Crippen LogP contribution in [0.1, 0.15) is 76.2 Å². The van der Waals surface area contributed by atoms with E-state index in [-0.39, 0.29) is 24.1 Å². The molecule has 4 aromatic rings. The lowest BCUT2D eigenvalue weighted by atomic mass is 10.0. The van der Waals surface area contributed by atoms with Gasteiger partial charge in [0.15, 0.2) is 0 Å². The minimum absolute atomic E-state index is 0.142. The van der Waals surface area contributed by atoms with Crippen molar-refractivity contribution < 1.29 is 28.5 Å². The molecule has 3 fully saturated rings. The number of anilines is 1. The summed E-state index contributed by atoms with van der Waals surface area (Å²) in [6.45, 7) is 8.88. The average molecular weight is 866 g/mol. The number of methoxy groups -OCH3 is 1. The Bertz CT molecular complexity index is 2390. The zero-order valence-electron chi connectivity index (χ0n) is 35.1. The third-order valence-electron chi connectivity index (χ3n) is 12.6. The number of piperidine rings is 2. The number of carbonyl (C=O) groups excluding carboxylic acids is 4. The second-order valence-corrected chi connectivity index (χ2v) is 20.5. The van der Waals surface area contributed by atoms with E-state index in [1.807, 2.05) is 41.3 Å². The third kappa shape index (κ3) is 9.54. The molecule has 0 bridgehead atoms. The number of carbonyl (C=O) groups is 4. The second kappa shape index (κ2) is 18.1. The molecule has 0 saturated carbocycles. The number of fused-ring (bicyclic) bond motifs is 1. The minimum Gasteiger partial charge on any atom is -0.496 e. The molecule has 15 heteroatoms. The number of benzene rings is 3. The van der Waals surface area contributed by atoms with Crippen molar-refractivity contribution in [1.82, 2.24) is 30.0 Å². The number of piperazine rings is 1. The molecule has 4 amide bonds. The van der Waals surface area contributed by atoms with Gasteiger partial charge in [-0.3, -0.25) is 29.4 Å². The molecule has 4 aliphatic rings. The molecule has 320 valence electrons. The van der Waals surface area contributed by atoms with E-state index in [0.29, 0.717) is 79.9 Å². The smallest absolute Gasteiger partial charge is 0.255 e. The van der Waals surface area contributed by atoms with E-state index in [2.05, 4.69) is 38.3 Å². The van der Waals surface area contributed by atoms with Crippen molar-refractivity contribution in [3.63, 3.8) is 0 Å². The van der Waals surface area contributed by atoms with E-state index >= 15 is 0 Å². The lowest BCUT2D eigenvalue weighted by Crippen LogP contribution is -2.54. The van der Waals surface area contributed by atoms with Crippen LogP contribution < -0.4 is 20.3 Å². The Morgan fingerprint density at radius 2 is 1.69 bits per heavy atom. The van der Waals surface area contributed by atoms with Gasteiger partial charge in [0, 0.05) is 112 Å². The van der Waals surface area contributed by atoms with E-state index < -0.39 is 19.1 Å². The molecule has 1 atom stereocenters. The number of hydrogen-bond donors (Lipinski definition) is 1. The molecule has 0 spiro atoms. The van der Waals surface area contributed by atoms with Crippen LogP contribution in [0.2, 0.25) is 5.02 Å². The highest BCUT2D eigenvalue weighted by molar-refractivity contribution is 7.70. The molecule has 1 unspecified atom stereocenters. The number of rotatable bonds is 12. The molecule has 3 saturated heterocycles. The fourth-order valence-electron chi connectivity index (χ4n) is 9.28. The molecule has 8 rings (SSSR count). The fraction of sp³-hybridized carbons (Fsp3) is 0.435. The minimum atomic E-state index is -2.48. The second-order valence-electron chi connectivity index (χ2n) is 16.9. The van der Waals surface area contributed by atoms with Gasteiger partial charge in [0.25, 0.3) is 5.91 Å². The molecule has 13 nitrogen and oxygen atoms in total. The maximum atomic E-state index is 13.3. The van der Waals surface area contributed by atoms with E-state index in [9.17, 15) is 23.7 Å². The van der Waals surface area contributed by atoms with Crippen LogP contribution in [0.5, 0.6) is 5.75 Å². The van der Waals surface area contributed by atoms with Crippen molar-refractivity contribution >= 4 is 53.4 Å². The predicted octanol–water partition coefficient (Wildman–Crippen LogP) is 5.08. The van der Waals surface area contributed by atoms with Gasteiger partial charge in [-0.25, -0.2) is 9.97 Å². The first-order valence-electron chi connectivity index (χ1n) is 21.2. The molecular formula is C46H53ClN7O6P. The van der Waals surface area contributed by atoms with Gasteiger partial charge >= 0.3 is 0 Å². The molecule has 0 aliphatic carbocycles. The number of nitrogens with one attached hydrogen (secondary N) is 1.